The number of nitrogen functional groups attached to an aromatic ring is 1. The number of anilines is 2. The maximum absolute atomic E-state index is 12.1. The van der Waals surface area contributed by atoms with Gasteiger partial charge in [0, 0.05) is 6.42 Å². The van der Waals surface area contributed by atoms with E-state index in [9.17, 15) is 22.8 Å². The molecule has 1 aromatic rings. The van der Waals surface area contributed by atoms with Gasteiger partial charge in [-0.1, -0.05) is 6.92 Å². The molecule has 0 fully saturated rings. The number of carbonyl (C=O) groups is 2. The number of hydrogen-bond donors (Lipinski definition) is 3. The van der Waals surface area contributed by atoms with Gasteiger partial charge in [-0.2, -0.15) is 13.2 Å². The van der Waals surface area contributed by atoms with E-state index in [1.54, 1.807) is 6.92 Å². The highest BCUT2D eigenvalue weighted by atomic mass is 32.1. The molecule has 5 nitrogen and oxygen atoms in total. The number of ketones is 1. The Balaban J connectivity index is 3.16. The first-order chi connectivity index (χ1) is 8.67. The average Bonchev–Trinajstić information content (AvgIpc) is 2.62. The van der Waals surface area contributed by atoms with Crippen LogP contribution in [-0.2, 0) is 0 Å². The zero-order chi connectivity index (χ0) is 14.8. The number of alkyl halides is 3. The van der Waals surface area contributed by atoms with Crippen molar-refractivity contribution in [1.82, 2.24) is 0 Å². The van der Waals surface area contributed by atoms with E-state index < -0.39 is 18.6 Å². The van der Waals surface area contributed by atoms with Crippen LogP contribution in [-0.4, -0.2) is 24.4 Å². The lowest BCUT2D eigenvalue weighted by atomic mass is 10.1. The molecule has 5 N–H and O–H groups in total. The van der Waals surface area contributed by atoms with E-state index >= 15 is 0 Å². The zero-order valence-electron chi connectivity index (χ0n) is 9.93. The van der Waals surface area contributed by atoms with Gasteiger partial charge in [-0.15, -0.1) is 11.3 Å². The Kier molecular flexibility index (Phi) is 4.40. The van der Waals surface area contributed by atoms with Crippen LogP contribution < -0.4 is 16.8 Å². The number of primary amides is 1. The van der Waals surface area contributed by atoms with Gasteiger partial charge in [0.1, 0.15) is 11.5 Å². The molecule has 19 heavy (non-hydrogen) atoms. The molecule has 1 amide bonds. The van der Waals surface area contributed by atoms with Gasteiger partial charge in [0.25, 0.3) is 5.91 Å². The largest absolute Gasteiger partial charge is 0.405 e. The number of hydrogen-bond acceptors (Lipinski definition) is 5. The molecule has 1 heterocycles. The van der Waals surface area contributed by atoms with Crippen molar-refractivity contribution in [2.45, 2.75) is 19.5 Å². The normalized spacial score (nSPS) is 11.4. The van der Waals surface area contributed by atoms with Gasteiger partial charge >= 0.3 is 6.18 Å². The maximum atomic E-state index is 12.1. The van der Waals surface area contributed by atoms with Gasteiger partial charge in [-0.05, 0) is 0 Å². The fourth-order valence-corrected chi connectivity index (χ4v) is 2.49. The molecule has 0 radical (unpaired) electrons. The maximum Gasteiger partial charge on any atom is 0.405 e. The van der Waals surface area contributed by atoms with Crippen molar-refractivity contribution in [3.05, 3.63) is 10.4 Å². The molecule has 0 aliphatic heterocycles. The predicted octanol–water partition coefficient (Wildman–Crippen LogP) is 2.00. The Hall–Kier alpha value is -1.77. The molecule has 0 spiro atoms. The molecule has 0 saturated carbocycles. The molecule has 9 heteroatoms. The van der Waals surface area contributed by atoms with Crippen molar-refractivity contribution in [3.63, 3.8) is 0 Å². The number of nitrogens with one attached hydrogen (secondary N) is 1. The van der Waals surface area contributed by atoms with Crippen LogP contribution in [0.15, 0.2) is 0 Å². The highest BCUT2D eigenvalue weighted by Gasteiger charge is 2.29. The predicted molar refractivity (Wildman–Crippen MR) is 66.4 cm³/mol. The van der Waals surface area contributed by atoms with Crippen molar-refractivity contribution in [1.29, 1.82) is 0 Å². The zero-order valence-corrected chi connectivity index (χ0v) is 10.7. The van der Waals surface area contributed by atoms with E-state index in [-0.39, 0.29) is 33.3 Å². The summed E-state index contributed by atoms with van der Waals surface area (Å²) in [5.74, 6) is -1.33. The van der Waals surface area contributed by atoms with Crippen molar-refractivity contribution in [2.75, 3.05) is 17.6 Å². The minimum Gasteiger partial charge on any atom is -0.397 e. The number of carbonyl (C=O) groups excluding carboxylic acids is 2. The summed E-state index contributed by atoms with van der Waals surface area (Å²) < 4.78 is 36.4. The van der Waals surface area contributed by atoms with E-state index in [2.05, 4.69) is 0 Å². The first-order valence-electron chi connectivity index (χ1n) is 5.23. The summed E-state index contributed by atoms with van der Waals surface area (Å²) in [6.45, 7) is 0.237. The van der Waals surface area contributed by atoms with Crippen LogP contribution in [0.2, 0.25) is 0 Å². The molecule has 0 atom stereocenters. The fraction of sp³-hybridized carbons (Fsp3) is 0.400. The summed E-state index contributed by atoms with van der Waals surface area (Å²) in [6, 6.07) is 0. The molecule has 0 aliphatic rings. The lowest BCUT2D eigenvalue weighted by Gasteiger charge is -2.08. The molecule has 0 aliphatic carbocycles. The SMILES string of the molecule is CCC(=O)c1sc(NCC(F)(F)F)c(C(N)=O)c1N. The van der Waals surface area contributed by atoms with Crippen LogP contribution in [0, 0.1) is 0 Å². The van der Waals surface area contributed by atoms with Crippen molar-refractivity contribution in [2.24, 2.45) is 5.73 Å². The Morgan fingerprint density at radius 2 is 1.95 bits per heavy atom. The number of nitrogens with two attached hydrogens (primary N) is 2. The summed E-state index contributed by atoms with van der Waals surface area (Å²) in [6.07, 6.45) is -4.33. The van der Waals surface area contributed by atoms with Gasteiger partial charge in [0.05, 0.1) is 16.1 Å². The van der Waals surface area contributed by atoms with Gasteiger partial charge in [-0.25, -0.2) is 0 Å². The third kappa shape index (κ3) is 3.60. The van der Waals surface area contributed by atoms with E-state index in [4.69, 9.17) is 11.5 Å². The van der Waals surface area contributed by atoms with Crippen molar-refractivity contribution < 1.29 is 22.8 Å². The average molecular weight is 295 g/mol. The molecular weight excluding hydrogens is 283 g/mol. The Morgan fingerprint density at radius 3 is 2.37 bits per heavy atom. The molecule has 0 aromatic carbocycles. The van der Waals surface area contributed by atoms with Crippen LogP contribution in [0.4, 0.5) is 23.9 Å². The third-order valence-corrected chi connectivity index (χ3v) is 3.42. The highest BCUT2D eigenvalue weighted by Crippen LogP contribution is 2.36. The second-order valence-corrected chi connectivity index (χ2v) is 4.68. The minimum atomic E-state index is -4.46. The van der Waals surface area contributed by atoms with Crippen molar-refractivity contribution >= 4 is 33.7 Å². The monoisotopic (exact) mass is 295 g/mol. The first-order valence-corrected chi connectivity index (χ1v) is 6.05. The van der Waals surface area contributed by atoms with Crippen molar-refractivity contribution in [3.8, 4) is 0 Å². The van der Waals surface area contributed by atoms with Gasteiger partial charge in [-0.3, -0.25) is 9.59 Å². The topological polar surface area (TPSA) is 98.2 Å². The quantitative estimate of drug-likeness (QED) is 0.723. The Morgan fingerprint density at radius 1 is 1.37 bits per heavy atom. The fourth-order valence-electron chi connectivity index (χ4n) is 1.36. The highest BCUT2D eigenvalue weighted by molar-refractivity contribution is 7.19. The molecule has 0 bridgehead atoms. The third-order valence-electron chi connectivity index (χ3n) is 2.22. The Bertz CT molecular complexity index is 511. The lowest BCUT2D eigenvalue weighted by Crippen LogP contribution is -2.22. The van der Waals surface area contributed by atoms with E-state index in [1.807, 2.05) is 5.32 Å². The minimum absolute atomic E-state index is 0.0426. The van der Waals surface area contributed by atoms with Gasteiger partial charge in [0.15, 0.2) is 5.78 Å². The van der Waals surface area contributed by atoms with Crippen LogP contribution in [0.3, 0.4) is 0 Å². The smallest absolute Gasteiger partial charge is 0.397 e. The Labute approximate surface area is 110 Å². The number of amides is 1. The molecule has 1 aromatic heterocycles. The molecule has 106 valence electrons. The summed E-state index contributed by atoms with van der Waals surface area (Å²) in [4.78, 5) is 22.8. The molecule has 0 unspecified atom stereocenters. The number of rotatable bonds is 5. The number of thiophene rings is 1. The standard InChI is InChI=1S/C10H12F3N3O2S/c1-2-4(17)7-6(14)5(8(15)18)9(19-7)16-3-10(11,12)13/h16H,2-3,14H2,1H3,(H2,15,18). The summed E-state index contributed by atoms with van der Waals surface area (Å²) in [5.41, 5.74) is 10.2. The van der Waals surface area contributed by atoms with Gasteiger partial charge in [0.2, 0.25) is 0 Å². The van der Waals surface area contributed by atoms with E-state index in [0.717, 1.165) is 0 Å². The second-order valence-electron chi connectivity index (χ2n) is 3.66. The second kappa shape index (κ2) is 5.47. The summed E-state index contributed by atoms with van der Waals surface area (Å²) in [5, 5.41) is 1.90. The molecule has 0 saturated heterocycles. The van der Waals surface area contributed by atoms with Crippen LogP contribution >= 0.6 is 11.3 Å². The van der Waals surface area contributed by atoms with Crippen LogP contribution in [0.5, 0.6) is 0 Å². The summed E-state index contributed by atoms with van der Waals surface area (Å²) >= 11 is 0.701. The number of halogens is 3. The summed E-state index contributed by atoms with van der Waals surface area (Å²) in [7, 11) is 0. The number of Topliss-reactive ketones (excluding diaryl/α,β-unsaturated/α-hetero) is 1. The van der Waals surface area contributed by atoms with Crippen LogP contribution in [0.25, 0.3) is 0 Å². The van der Waals surface area contributed by atoms with Crippen LogP contribution in [0.1, 0.15) is 33.4 Å². The molecular formula is C10H12F3N3O2S. The van der Waals surface area contributed by atoms with E-state index in [1.165, 1.54) is 0 Å². The first kappa shape index (κ1) is 15.3. The molecule has 1 rings (SSSR count). The van der Waals surface area contributed by atoms with Gasteiger partial charge < -0.3 is 16.8 Å². The van der Waals surface area contributed by atoms with E-state index in [0.29, 0.717) is 11.3 Å². The lowest BCUT2D eigenvalue weighted by molar-refractivity contribution is -0.115.